The Hall–Kier alpha value is -1.49. The molecule has 0 saturated carbocycles. The van der Waals surface area contributed by atoms with Crippen LogP contribution in [0.25, 0.3) is 11.3 Å². The Morgan fingerprint density at radius 1 is 1.19 bits per heavy atom. The van der Waals surface area contributed by atoms with Crippen molar-refractivity contribution in [2.24, 2.45) is 0 Å². The molecular weight excluding hydrogens is 243 g/mol. The summed E-state index contributed by atoms with van der Waals surface area (Å²) in [5, 5.41) is 0. The van der Waals surface area contributed by atoms with Crippen LogP contribution in [-0.4, -0.2) is 4.98 Å². The fourth-order valence-electron chi connectivity index (χ4n) is 1.28. The van der Waals surface area contributed by atoms with Crippen molar-refractivity contribution in [3.05, 3.63) is 41.7 Å². The van der Waals surface area contributed by atoms with Crippen molar-refractivity contribution in [2.45, 2.75) is 5.88 Å². The molecule has 0 fully saturated rings. The fourth-order valence-corrected chi connectivity index (χ4v) is 1.48. The average Bonchev–Trinajstić information content (AvgIpc) is 2.74. The molecule has 1 heterocycles. The van der Waals surface area contributed by atoms with E-state index in [1.165, 1.54) is 0 Å². The molecule has 1 aromatic heterocycles. The van der Waals surface area contributed by atoms with Crippen molar-refractivity contribution in [2.75, 3.05) is 0 Å². The number of nitrogens with zero attached hydrogens (tertiary/aromatic N) is 1. The van der Waals surface area contributed by atoms with E-state index >= 15 is 0 Å². The van der Waals surface area contributed by atoms with E-state index in [1.807, 2.05) is 0 Å². The lowest BCUT2D eigenvalue weighted by atomic mass is 10.1. The quantitative estimate of drug-likeness (QED) is 0.600. The lowest BCUT2D eigenvalue weighted by Gasteiger charge is -2.02. The van der Waals surface area contributed by atoms with E-state index in [1.54, 1.807) is 0 Å². The third-order valence-electron chi connectivity index (χ3n) is 2.05. The van der Waals surface area contributed by atoms with E-state index in [0.717, 1.165) is 18.5 Å². The second-order valence-corrected chi connectivity index (χ2v) is 3.25. The molecule has 0 aliphatic carbocycles. The lowest BCUT2D eigenvalue weighted by Crippen LogP contribution is -1.94. The van der Waals surface area contributed by atoms with Crippen LogP contribution in [0.3, 0.4) is 0 Å². The monoisotopic (exact) mass is 247 g/mol. The first-order chi connectivity index (χ1) is 7.65. The summed E-state index contributed by atoms with van der Waals surface area (Å²) in [5.41, 5.74) is 0.0682. The van der Waals surface area contributed by atoms with Crippen molar-refractivity contribution in [3.63, 3.8) is 0 Å². The van der Waals surface area contributed by atoms with Crippen LogP contribution >= 0.6 is 11.6 Å². The van der Waals surface area contributed by atoms with Gasteiger partial charge in [-0.3, -0.25) is 0 Å². The zero-order valence-corrected chi connectivity index (χ0v) is 8.56. The zero-order valence-electron chi connectivity index (χ0n) is 7.81. The number of aromatic nitrogens is 1. The molecule has 0 N–H and O–H groups in total. The standard InChI is InChI=1S/C10H5ClF3NO/c11-3-7-10(16-4-15-7)5-1-2-6(12)9(14)8(5)13/h1-2,4H,3H2. The van der Waals surface area contributed by atoms with Crippen molar-refractivity contribution in [1.82, 2.24) is 4.98 Å². The molecule has 0 bridgehead atoms. The zero-order chi connectivity index (χ0) is 11.7. The second kappa shape index (κ2) is 4.17. The number of hydrogen-bond donors (Lipinski definition) is 0. The summed E-state index contributed by atoms with van der Waals surface area (Å²) in [6, 6.07) is 1.89. The molecule has 16 heavy (non-hydrogen) atoms. The van der Waals surface area contributed by atoms with Crippen LogP contribution in [0.4, 0.5) is 13.2 Å². The molecule has 2 aromatic rings. The number of halogens is 4. The smallest absolute Gasteiger partial charge is 0.195 e. The molecule has 2 rings (SSSR count). The van der Waals surface area contributed by atoms with Gasteiger partial charge in [-0.05, 0) is 12.1 Å². The Bertz CT molecular complexity index is 527. The number of hydrogen-bond acceptors (Lipinski definition) is 2. The van der Waals surface area contributed by atoms with E-state index < -0.39 is 17.5 Å². The summed E-state index contributed by atoms with van der Waals surface area (Å²) >= 11 is 5.53. The number of alkyl halides is 1. The number of oxazole rings is 1. The van der Waals surface area contributed by atoms with Crippen molar-refractivity contribution >= 4 is 11.6 Å². The molecule has 0 radical (unpaired) electrons. The van der Waals surface area contributed by atoms with E-state index in [9.17, 15) is 13.2 Å². The number of benzene rings is 1. The molecule has 0 atom stereocenters. The second-order valence-electron chi connectivity index (χ2n) is 2.98. The van der Waals surface area contributed by atoms with Gasteiger partial charge in [0.15, 0.2) is 29.6 Å². The van der Waals surface area contributed by atoms with E-state index in [4.69, 9.17) is 16.0 Å². The Morgan fingerprint density at radius 3 is 2.62 bits per heavy atom. The predicted octanol–water partition coefficient (Wildman–Crippen LogP) is 3.50. The van der Waals surface area contributed by atoms with Gasteiger partial charge < -0.3 is 4.42 Å². The van der Waals surface area contributed by atoms with Gasteiger partial charge in [-0.15, -0.1) is 11.6 Å². The molecule has 0 spiro atoms. The van der Waals surface area contributed by atoms with Crippen molar-refractivity contribution in [1.29, 1.82) is 0 Å². The van der Waals surface area contributed by atoms with Crippen LogP contribution in [0, 0.1) is 17.5 Å². The molecule has 0 amide bonds. The minimum atomic E-state index is -1.55. The normalized spacial score (nSPS) is 10.8. The minimum absolute atomic E-state index is 0.00593. The highest BCUT2D eigenvalue weighted by Crippen LogP contribution is 2.28. The summed E-state index contributed by atoms with van der Waals surface area (Å²) in [5.74, 6) is -4.12. The maximum Gasteiger partial charge on any atom is 0.195 e. The molecule has 84 valence electrons. The molecule has 0 aliphatic heterocycles. The van der Waals surface area contributed by atoms with Crippen molar-refractivity contribution in [3.8, 4) is 11.3 Å². The third-order valence-corrected chi connectivity index (χ3v) is 2.30. The summed E-state index contributed by atoms with van der Waals surface area (Å²) in [6.07, 6.45) is 1.06. The summed E-state index contributed by atoms with van der Waals surface area (Å²) in [6.45, 7) is 0. The van der Waals surface area contributed by atoms with E-state index in [-0.39, 0.29) is 22.9 Å². The topological polar surface area (TPSA) is 26.0 Å². The maximum atomic E-state index is 13.4. The maximum absolute atomic E-state index is 13.4. The molecule has 0 unspecified atom stereocenters. The lowest BCUT2D eigenvalue weighted by molar-refractivity contribution is 0.446. The number of rotatable bonds is 2. The highest BCUT2D eigenvalue weighted by molar-refractivity contribution is 6.17. The molecule has 6 heteroatoms. The van der Waals surface area contributed by atoms with E-state index in [2.05, 4.69) is 4.98 Å². The molecule has 1 aromatic carbocycles. The Labute approximate surface area is 93.7 Å². The fraction of sp³-hybridized carbons (Fsp3) is 0.100. The Balaban J connectivity index is 2.61. The van der Waals surface area contributed by atoms with Gasteiger partial charge in [0.05, 0.1) is 11.4 Å². The van der Waals surface area contributed by atoms with Gasteiger partial charge in [-0.1, -0.05) is 0 Å². The third kappa shape index (κ3) is 1.67. The first-order valence-corrected chi connectivity index (χ1v) is 4.80. The van der Waals surface area contributed by atoms with Gasteiger partial charge >= 0.3 is 0 Å². The highest BCUT2D eigenvalue weighted by atomic mass is 35.5. The van der Waals surface area contributed by atoms with Crippen LogP contribution in [0.2, 0.25) is 0 Å². The largest absolute Gasteiger partial charge is 0.443 e. The van der Waals surface area contributed by atoms with Crippen LogP contribution in [0.5, 0.6) is 0 Å². The van der Waals surface area contributed by atoms with Gasteiger partial charge in [0.2, 0.25) is 0 Å². The van der Waals surface area contributed by atoms with Crippen LogP contribution in [0.15, 0.2) is 22.9 Å². The van der Waals surface area contributed by atoms with Gasteiger partial charge in [-0.2, -0.15) is 0 Å². The average molecular weight is 248 g/mol. The van der Waals surface area contributed by atoms with Crippen LogP contribution < -0.4 is 0 Å². The Kier molecular flexibility index (Phi) is 2.87. The summed E-state index contributed by atoms with van der Waals surface area (Å²) < 4.78 is 44.0. The summed E-state index contributed by atoms with van der Waals surface area (Å²) in [4.78, 5) is 3.72. The van der Waals surface area contributed by atoms with Crippen molar-refractivity contribution < 1.29 is 17.6 Å². The summed E-state index contributed by atoms with van der Waals surface area (Å²) in [7, 11) is 0. The SMILES string of the molecule is Fc1ccc(-c2ocnc2CCl)c(F)c1F. The predicted molar refractivity (Wildman–Crippen MR) is 51.4 cm³/mol. The molecule has 0 aliphatic rings. The highest BCUT2D eigenvalue weighted by Gasteiger charge is 2.19. The minimum Gasteiger partial charge on any atom is -0.443 e. The first kappa shape index (κ1) is 11.0. The molecule has 0 saturated heterocycles. The van der Waals surface area contributed by atoms with Gasteiger partial charge in [0.1, 0.15) is 5.69 Å². The first-order valence-electron chi connectivity index (χ1n) is 4.27. The Morgan fingerprint density at radius 2 is 1.94 bits per heavy atom. The molecule has 2 nitrogen and oxygen atoms in total. The van der Waals surface area contributed by atoms with Gasteiger partial charge in [0.25, 0.3) is 0 Å². The van der Waals surface area contributed by atoms with Gasteiger partial charge in [0, 0.05) is 0 Å². The van der Waals surface area contributed by atoms with Gasteiger partial charge in [-0.25, -0.2) is 18.2 Å². The van der Waals surface area contributed by atoms with E-state index in [0.29, 0.717) is 0 Å². The van der Waals surface area contributed by atoms with Crippen LogP contribution in [0.1, 0.15) is 5.69 Å². The molecular formula is C10H5ClF3NO. The van der Waals surface area contributed by atoms with Crippen LogP contribution in [-0.2, 0) is 5.88 Å².